The van der Waals surface area contributed by atoms with Crippen LogP contribution in [0.4, 0.5) is 0 Å². The third-order valence-corrected chi connectivity index (χ3v) is 12.3. The molecule has 0 amide bonds. The van der Waals surface area contributed by atoms with Gasteiger partial charge in [-0.1, -0.05) is 64.3 Å². The van der Waals surface area contributed by atoms with Crippen molar-refractivity contribution in [1.29, 1.82) is 0 Å². The molecule has 5 aliphatic rings. The molecule has 2 N–H and O–H groups in total. The lowest BCUT2D eigenvalue weighted by Gasteiger charge is -2.61. The third kappa shape index (κ3) is 2.78. The number of nitrogens with one attached hydrogen (secondary N) is 1. The fourth-order valence-electron chi connectivity index (χ4n) is 10.1. The zero-order chi connectivity index (χ0) is 23.3. The monoisotopic (exact) mass is 439 g/mol. The van der Waals surface area contributed by atoms with E-state index in [1.165, 1.54) is 56.9 Å². The van der Waals surface area contributed by atoms with E-state index >= 15 is 0 Å². The van der Waals surface area contributed by atoms with Crippen LogP contribution in [0.15, 0.2) is 22.8 Å². The molecule has 32 heavy (non-hydrogen) atoms. The van der Waals surface area contributed by atoms with E-state index in [9.17, 15) is 5.11 Å². The van der Waals surface area contributed by atoms with Crippen LogP contribution in [0.2, 0.25) is 0 Å². The second kappa shape index (κ2) is 6.97. The molecule has 1 heterocycles. The van der Waals surface area contributed by atoms with Crippen molar-refractivity contribution in [1.82, 2.24) is 5.32 Å². The lowest BCUT2D eigenvalue weighted by molar-refractivity contribution is -0.102. The van der Waals surface area contributed by atoms with E-state index in [0.29, 0.717) is 16.7 Å². The van der Waals surface area contributed by atoms with Crippen LogP contribution >= 0.6 is 0 Å². The van der Waals surface area contributed by atoms with Crippen molar-refractivity contribution < 1.29 is 5.11 Å². The van der Waals surface area contributed by atoms with Crippen molar-refractivity contribution in [3.05, 3.63) is 22.8 Å². The van der Waals surface area contributed by atoms with Crippen molar-refractivity contribution in [2.75, 3.05) is 0 Å². The highest BCUT2D eigenvalue weighted by Crippen LogP contribution is 2.74. The van der Waals surface area contributed by atoms with Gasteiger partial charge in [0, 0.05) is 5.41 Å². The quantitative estimate of drug-likeness (QED) is 0.354. The van der Waals surface area contributed by atoms with Gasteiger partial charge in [-0.2, -0.15) is 0 Å². The maximum Gasteiger partial charge on any atom is 0.137 e. The minimum Gasteiger partial charge on any atom is -0.374 e. The molecular weight excluding hydrogens is 390 g/mol. The van der Waals surface area contributed by atoms with Crippen molar-refractivity contribution in [3.8, 4) is 0 Å². The zero-order valence-corrected chi connectivity index (χ0v) is 22.2. The number of fused-ring (bicyclic) bond motifs is 5. The molecule has 2 saturated carbocycles. The average molecular weight is 440 g/mol. The Morgan fingerprint density at radius 2 is 1.78 bits per heavy atom. The highest BCUT2D eigenvalue weighted by molar-refractivity contribution is 5.41. The molecule has 5 rings (SSSR count). The Labute approximate surface area is 197 Å². The molecule has 4 aliphatic carbocycles. The van der Waals surface area contributed by atoms with E-state index in [0.717, 1.165) is 18.3 Å². The molecule has 3 fully saturated rings. The summed E-state index contributed by atoms with van der Waals surface area (Å²) in [5.74, 6) is 2.25. The Balaban J connectivity index is 1.47. The van der Waals surface area contributed by atoms with Crippen LogP contribution < -0.4 is 5.32 Å². The Morgan fingerprint density at radius 3 is 2.47 bits per heavy atom. The van der Waals surface area contributed by atoms with Crippen LogP contribution in [0.3, 0.4) is 0 Å². The van der Waals surface area contributed by atoms with Gasteiger partial charge in [0.25, 0.3) is 0 Å². The predicted molar refractivity (Wildman–Crippen MR) is 134 cm³/mol. The van der Waals surface area contributed by atoms with Crippen LogP contribution in [0.25, 0.3) is 0 Å². The topological polar surface area (TPSA) is 42.2 Å². The van der Waals surface area contributed by atoms with E-state index in [-0.39, 0.29) is 16.9 Å². The highest BCUT2D eigenvalue weighted by atomic mass is 16.3. The van der Waals surface area contributed by atoms with E-state index in [1.54, 1.807) is 0 Å². The molecule has 0 radical (unpaired) electrons. The maximum atomic E-state index is 11.2. The molecule has 0 aromatic heterocycles. The molecule has 0 spiro atoms. The number of hydrogen-bond donors (Lipinski definition) is 2. The number of aliphatic hydroxyl groups is 1. The first-order chi connectivity index (χ1) is 14.8. The second-order valence-corrected chi connectivity index (χ2v) is 14.1. The van der Waals surface area contributed by atoms with Gasteiger partial charge in [0.2, 0.25) is 0 Å². The van der Waals surface area contributed by atoms with E-state index in [4.69, 9.17) is 0 Å². The minimum absolute atomic E-state index is 0.0531. The van der Waals surface area contributed by atoms with Crippen molar-refractivity contribution in [3.63, 3.8) is 0 Å². The molecule has 8 atom stereocenters. The van der Waals surface area contributed by atoms with E-state index < -0.39 is 5.72 Å². The summed E-state index contributed by atoms with van der Waals surface area (Å²) in [4.78, 5) is 0. The summed E-state index contributed by atoms with van der Waals surface area (Å²) in [5, 5.41) is 14.8. The summed E-state index contributed by atoms with van der Waals surface area (Å²) in [6.45, 7) is 19.6. The molecule has 3 unspecified atom stereocenters. The molecule has 0 aromatic rings. The third-order valence-electron chi connectivity index (χ3n) is 12.3. The summed E-state index contributed by atoms with van der Waals surface area (Å²) < 4.78 is 0. The maximum absolute atomic E-state index is 11.2. The van der Waals surface area contributed by atoms with E-state index in [2.05, 4.69) is 66.8 Å². The van der Waals surface area contributed by atoms with Gasteiger partial charge in [-0.3, -0.25) is 5.32 Å². The molecule has 1 aliphatic heterocycles. The van der Waals surface area contributed by atoms with E-state index in [1.807, 2.05) is 11.1 Å². The minimum atomic E-state index is -0.624. The first-order valence-corrected chi connectivity index (χ1v) is 13.7. The van der Waals surface area contributed by atoms with Crippen LogP contribution in [-0.2, 0) is 0 Å². The summed E-state index contributed by atoms with van der Waals surface area (Å²) in [6.07, 6.45) is 14.1. The predicted octanol–water partition coefficient (Wildman–Crippen LogP) is 7.39. The number of allylic oxidation sites excluding steroid dienone is 4. The number of hydrogen-bond acceptors (Lipinski definition) is 2. The van der Waals surface area contributed by atoms with Gasteiger partial charge in [-0.25, -0.2) is 0 Å². The molecule has 0 aromatic carbocycles. The Morgan fingerprint density at radius 1 is 1.06 bits per heavy atom. The molecular formula is C30H49NO. The first-order valence-electron chi connectivity index (χ1n) is 13.7. The summed E-state index contributed by atoms with van der Waals surface area (Å²) >= 11 is 0. The molecule has 2 heteroatoms. The Bertz CT molecular complexity index is 864. The molecule has 1 saturated heterocycles. The van der Waals surface area contributed by atoms with Crippen LogP contribution in [0.1, 0.15) is 113 Å². The molecule has 180 valence electrons. The Hall–Kier alpha value is -0.600. The zero-order valence-electron chi connectivity index (χ0n) is 22.2. The van der Waals surface area contributed by atoms with Crippen LogP contribution in [0.5, 0.6) is 0 Å². The second-order valence-electron chi connectivity index (χ2n) is 14.1. The lowest BCUT2D eigenvalue weighted by Crippen LogP contribution is -2.57. The largest absolute Gasteiger partial charge is 0.374 e. The normalized spacial score (nSPS) is 49.5. The van der Waals surface area contributed by atoms with Gasteiger partial charge in [0.15, 0.2) is 0 Å². The highest BCUT2D eigenvalue weighted by Gasteiger charge is 2.73. The van der Waals surface area contributed by atoms with Crippen molar-refractivity contribution in [2.24, 2.45) is 39.4 Å². The first kappa shape index (κ1) is 23.2. The lowest BCUT2D eigenvalue weighted by atomic mass is 9.43. The summed E-state index contributed by atoms with van der Waals surface area (Å²) in [5.41, 5.74) is 5.56. The van der Waals surface area contributed by atoms with Gasteiger partial charge < -0.3 is 5.11 Å². The number of rotatable bonds is 4. The summed E-state index contributed by atoms with van der Waals surface area (Å²) in [6, 6.07) is 0.290. The molecule has 0 bridgehead atoms. The SMILES string of the molecule is CC(C)=CCC[C@@H](C)[C@H]1CC[C@@]2(C)C3=C(CC[C@@]12C)[C@@]1(C)CC2NC2(O)C(C)(C)C1CC3. The fourth-order valence-corrected chi connectivity index (χ4v) is 10.1. The van der Waals surface area contributed by atoms with Crippen molar-refractivity contribution in [2.45, 2.75) is 125 Å². The molecule has 2 nitrogen and oxygen atoms in total. The average Bonchev–Trinajstić information content (AvgIpc) is 3.26. The van der Waals surface area contributed by atoms with Gasteiger partial charge in [0.05, 0.1) is 6.04 Å². The van der Waals surface area contributed by atoms with Crippen LogP contribution in [0, 0.1) is 39.4 Å². The van der Waals surface area contributed by atoms with Crippen LogP contribution in [-0.4, -0.2) is 16.9 Å². The smallest absolute Gasteiger partial charge is 0.137 e. The van der Waals surface area contributed by atoms with Gasteiger partial charge in [-0.05, 0) is 106 Å². The van der Waals surface area contributed by atoms with Gasteiger partial charge in [-0.15, -0.1) is 0 Å². The Kier molecular flexibility index (Phi) is 5.04. The van der Waals surface area contributed by atoms with Gasteiger partial charge in [0.1, 0.15) is 5.72 Å². The standard InChI is InChI=1S/C30H49NO/c1-19(2)10-9-11-20(3)21-14-16-29(8)23-12-13-24-26(4,5)30(32)25(31-30)18-27(24,6)22(23)15-17-28(21,29)7/h10,20-21,24-25,31-32H,9,11-18H2,1-8H3/t20-,21-,24?,25?,27-,28+,29+,30?/m1/s1. The fraction of sp³-hybridized carbons (Fsp3) is 0.867. The van der Waals surface area contributed by atoms with Gasteiger partial charge >= 0.3 is 0 Å². The summed E-state index contributed by atoms with van der Waals surface area (Å²) in [7, 11) is 0. The van der Waals surface area contributed by atoms with Crippen molar-refractivity contribution >= 4 is 0 Å².